The molecule has 5 heteroatoms. The van der Waals surface area contributed by atoms with E-state index in [1.807, 2.05) is 22.7 Å². The van der Waals surface area contributed by atoms with Crippen LogP contribution in [0.1, 0.15) is 5.82 Å². The summed E-state index contributed by atoms with van der Waals surface area (Å²) in [4.78, 5) is 4.28. The minimum absolute atomic E-state index is 0.416. The maximum atomic E-state index is 5.56. The predicted molar refractivity (Wildman–Crippen MR) is 57.3 cm³/mol. The molecule has 2 aromatic rings. The van der Waals surface area contributed by atoms with Crippen LogP contribution < -0.4 is 10.5 Å². The first-order valence-electron chi connectivity index (χ1n) is 4.17. The van der Waals surface area contributed by atoms with Gasteiger partial charge in [-0.25, -0.2) is 4.98 Å². The Labute approximate surface area is 89.8 Å². The molecule has 2 aromatic heterocycles. The van der Waals surface area contributed by atoms with Crippen LogP contribution >= 0.6 is 15.9 Å². The molecule has 0 atom stereocenters. The standard InChI is InChI=1S/C9H10BrN3O/c1-14-6-2-3-13-7(4-6)9(10)12-8(13)5-11/h2-4H,5,11H2,1H3. The molecule has 0 unspecified atom stereocenters. The van der Waals surface area contributed by atoms with Crippen molar-refractivity contribution < 1.29 is 4.74 Å². The Morgan fingerprint density at radius 1 is 1.64 bits per heavy atom. The Bertz CT molecular complexity index is 466. The van der Waals surface area contributed by atoms with Crippen LogP contribution in [0.2, 0.25) is 0 Å². The van der Waals surface area contributed by atoms with Crippen molar-refractivity contribution in [2.75, 3.05) is 7.11 Å². The molecule has 0 saturated heterocycles. The second kappa shape index (κ2) is 3.59. The largest absolute Gasteiger partial charge is 0.497 e. The quantitative estimate of drug-likeness (QED) is 0.887. The van der Waals surface area contributed by atoms with E-state index in [-0.39, 0.29) is 0 Å². The molecule has 0 saturated carbocycles. The Balaban J connectivity index is 2.70. The lowest BCUT2D eigenvalue weighted by Crippen LogP contribution is -2.02. The molecule has 0 aliphatic rings. The molecule has 0 spiro atoms. The molecule has 74 valence electrons. The summed E-state index contributed by atoms with van der Waals surface area (Å²) in [6.45, 7) is 0.416. The third kappa shape index (κ3) is 1.38. The van der Waals surface area contributed by atoms with E-state index in [1.165, 1.54) is 0 Å². The van der Waals surface area contributed by atoms with Crippen molar-refractivity contribution in [2.24, 2.45) is 5.73 Å². The van der Waals surface area contributed by atoms with Crippen molar-refractivity contribution in [1.82, 2.24) is 9.38 Å². The zero-order valence-corrected chi connectivity index (χ0v) is 9.28. The zero-order chi connectivity index (χ0) is 10.1. The Kier molecular flexibility index (Phi) is 2.43. The van der Waals surface area contributed by atoms with E-state index in [9.17, 15) is 0 Å². The number of nitrogens with zero attached hydrogens (tertiary/aromatic N) is 2. The molecule has 0 radical (unpaired) electrons. The molecule has 2 N–H and O–H groups in total. The number of aromatic nitrogens is 2. The number of fused-ring (bicyclic) bond motifs is 1. The van der Waals surface area contributed by atoms with Crippen LogP contribution in [0.5, 0.6) is 5.75 Å². The van der Waals surface area contributed by atoms with E-state index < -0.39 is 0 Å². The smallest absolute Gasteiger partial charge is 0.132 e. The summed E-state index contributed by atoms with van der Waals surface area (Å²) in [6, 6.07) is 3.79. The summed E-state index contributed by atoms with van der Waals surface area (Å²) >= 11 is 3.38. The third-order valence-corrected chi connectivity index (χ3v) is 2.64. The van der Waals surface area contributed by atoms with Gasteiger partial charge in [-0.2, -0.15) is 0 Å². The van der Waals surface area contributed by atoms with Crippen molar-refractivity contribution in [2.45, 2.75) is 6.54 Å². The lowest BCUT2D eigenvalue weighted by molar-refractivity contribution is 0.414. The van der Waals surface area contributed by atoms with Crippen LogP contribution in [0.25, 0.3) is 5.52 Å². The van der Waals surface area contributed by atoms with E-state index in [0.717, 1.165) is 21.7 Å². The van der Waals surface area contributed by atoms with Gasteiger partial charge in [-0.3, -0.25) is 0 Å². The van der Waals surface area contributed by atoms with Crippen molar-refractivity contribution in [1.29, 1.82) is 0 Å². The lowest BCUT2D eigenvalue weighted by atomic mass is 10.4. The van der Waals surface area contributed by atoms with Crippen LogP contribution in [-0.2, 0) is 6.54 Å². The van der Waals surface area contributed by atoms with Gasteiger partial charge in [-0.15, -0.1) is 0 Å². The van der Waals surface area contributed by atoms with Gasteiger partial charge in [0.25, 0.3) is 0 Å². The first-order valence-corrected chi connectivity index (χ1v) is 4.96. The summed E-state index contributed by atoms with van der Waals surface area (Å²) in [5.74, 6) is 1.64. The normalized spacial score (nSPS) is 10.8. The van der Waals surface area contributed by atoms with E-state index in [4.69, 9.17) is 10.5 Å². The number of rotatable bonds is 2. The summed E-state index contributed by atoms with van der Waals surface area (Å²) in [6.07, 6.45) is 1.90. The molecule has 14 heavy (non-hydrogen) atoms. The van der Waals surface area contributed by atoms with Crippen LogP contribution in [-0.4, -0.2) is 16.5 Å². The first-order chi connectivity index (χ1) is 6.76. The number of methoxy groups -OCH3 is 1. The van der Waals surface area contributed by atoms with Gasteiger partial charge in [0, 0.05) is 12.3 Å². The molecule has 2 heterocycles. The molecular weight excluding hydrogens is 246 g/mol. The fraction of sp³-hybridized carbons (Fsp3) is 0.222. The molecule has 0 bridgehead atoms. The van der Waals surface area contributed by atoms with E-state index >= 15 is 0 Å². The molecular formula is C9H10BrN3O. The maximum absolute atomic E-state index is 5.56. The molecule has 0 aliphatic carbocycles. The second-order valence-corrected chi connectivity index (χ2v) is 3.60. The molecule has 4 nitrogen and oxygen atoms in total. The highest BCUT2D eigenvalue weighted by atomic mass is 79.9. The lowest BCUT2D eigenvalue weighted by Gasteiger charge is -2.01. The SMILES string of the molecule is COc1ccn2c(CN)nc(Br)c2c1. The minimum Gasteiger partial charge on any atom is -0.497 e. The van der Waals surface area contributed by atoms with Crippen molar-refractivity contribution in [3.63, 3.8) is 0 Å². The molecule has 2 rings (SSSR count). The fourth-order valence-electron chi connectivity index (χ4n) is 1.36. The van der Waals surface area contributed by atoms with Gasteiger partial charge in [0.1, 0.15) is 16.2 Å². The number of nitrogens with two attached hydrogens (primary N) is 1. The maximum Gasteiger partial charge on any atom is 0.132 e. The number of hydrogen-bond donors (Lipinski definition) is 1. The molecule has 0 amide bonds. The van der Waals surface area contributed by atoms with Crippen molar-refractivity contribution in [3.8, 4) is 5.75 Å². The molecule has 0 aliphatic heterocycles. The van der Waals surface area contributed by atoms with Crippen molar-refractivity contribution >= 4 is 21.4 Å². The predicted octanol–water partition coefficient (Wildman–Crippen LogP) is 1.56. The van der Waals surface area contributed by atoms with E-state index in [0.29, 0.717) is 6.54 Å². The van der Waals surface area contributed by atoms with Crippen LogP contribution in [0.15, 0.2) is 22.9 Å². The van der Waals surface area contributed by atoms with Crippen LogP contribution in [0, 0.1) is 0 Å². The van der Waals surface area contributed by atoms with Crippen LogP contribution in [0.3, 0.4) is 0 Å². The average Bonchev–Trinajstić information content (AvgIpc) is 2.55. The highest BCUT2D eigenvalue weighted by Crippen LogP contribution is 2.22. The number of halogens is 1. The topological polar surface area (TPSA) is 52.5 Å². The highest BCUT2D eigenvalue weighted by Gasteiger charge is 2.07. The number of pyridine rings is 1. The van der Waals surface area contributed by atoms with E-state index in [2.05, 4.69) is 20.9 Å². The van der Waals surface area contributed by atoms with Crippen LogP contribution in [0.4, 0.5) is 0 Å². The monoisotopic (exact) mass is 255 g/mol. The third-order valence-electron chi connectivity index (χ3n) is 2.06. The fourth-order valence-corrected chi connectivity index (χ4v) is 1.87. The van der Waals surface area contributed by atoms with Gasteiger partial charge >= 0.3 is 0 Å². The second-order valence-electron chi connectivity index (χ2n) is 2.84. The summed E-state index contributed by atoms with van der Waals surface area (Å²) in [5, 5.41) is 0. The van der Waals surface area contributed by atoms with Gasteiger partial charge < -0.3 is 14.9 Å². The summed E-state index contributed by atoms with van der Waals surface area (Å²) in [5.41, 5.74) is 6.53. The number of ether oxygens (including phenoxy) is 1. The minimum atomic E-state index is 0.416. The summed E-state index contributed by atoms with van der Waals surface area (Å²) < 4.78 is 7.85. The number of imidazole rings is 1. The van der Waals surface area contributed by atoms with Gasteiger partial charge in [0.15, 0.2) is 0 Å². The Hall–Kier alpha value is -1.07. The Morgan fingerprint density at radius 2 is 2.43 bits per heavy atom. The number of hydrogen-bond acceptors (Lipinski definition) is 3. The highest BCUT2D eigenvalue weighted by molar-refractivity contribution is 9.10. The zero-order valence-electron chi connectivity index (χ0n) is 7.70. The van der Waals surface area contributed by atoms with Gasteiger partial charge in [-0.1, -0.05) is 0 Å². The first kappa shape index (κ1) is 9.48. The van der Waals surface area contributed by atoms with Crippen molar-refractivity contribution in [3.05, 3.63) is 28.8 Å². The molecule has 0 aromatic carbocycles. The van der Waals surface area contributed by atoms with Gasteiger partial charge in [-0.05, 0) is 22.0 Å². The average molecular weight is 256 g/mol. The molecule has 0 fully saturated rings. The van der Waals surface area contributed by atoms with Gasteiger partial charge in [0.2, 0.25) is 0 Å². The summed E-state index contributed by atoms with van der Waals surface area (Å²) in [7, 11) is 1.64. The van der Waals surface area contributed by atoms with E-state index in [1.54, 1.807) is 7.11 Å². The Morgan fingerprint density at radius 3 is 3.07 bits per heavy atom. The van der Waals surface area contributed by atoms with Gasteiger partial charge in [0.05, 0.1) is 19.2 Å².